The van der Waals surface area contributed by atoms with E-state index >= 15 is 0 Å². The number of thiophene rings is 1. The lowest BCUT2D eigenvalue weighted by molar-refractivity contribution is -0.132. The van der Waals surface area contributed by atoms with Crippen LogP contribution < -0.4 is 0 Å². The number of aromatic carboxylic acids is 1. The standard InChI is InChI=1S/C23H22Cl2N2O4S/c1-2-3-6-21-26-12-16(8-14(22(28)29)9-17-5-4-7-32-17)27(21)13-15-10-20(25)18(23(30)31)11-19(15)24/h4-5,7-8,10-12H,2-3,6,9,13H2,1H3,(H,28,29)(H,30,31)/b14-8-. The molecule has 0 aliphatic rings. The number of aliphatic carboxylic acids is 1. The summed E-state index contributed by atoms with van der Waals surface area (Å²) in [6.45, 7) is 2.37. The van der Waals surface area contributed by atoms with E-state index in [1.165, 1.54) is 23.5 Å². The van der Waals surface area contributed by atoms with Crippen LogP contribution in [0.2, 0.25) is 10.0 Å². The highest BCUT2D eigenvalue weighted by atomic mass is 35.5. The quantitative estimate of drug-likeness (QED) is 0.336. The van der Waals surface area contributed by atoms with Crippen molar-refractivity contribution in [3.63, 3.8) is 0 Å². The molecule has 0 saturated heterocycles. The molecule has 0 atom stereocenters. The predicted molar refractivity (Wildman–Crippen MR) is 127 cm³/mol. The number of halogens is 2. The molecule has 3 aromatic rings. The van der Waals surface area contributed by atoms with Crippen LogP contribution >= 0.6 is 34.5 Å². The third kappa shape index (κ3) is 5.79. The van der Waals surface area contributed by atoms with E-state index in [0.29, 0.717) is 17.7 Å². The van der Waals surface area contributed by atoms with Crippen molar-refractivity contribution in [1.82, 2.24) is 9.55 Å². The highest BCUT2D eigenvalue weighted by Crippen LogP contribution is 2.28. The third-order valence-electron chi connectivity index (χ3n) is 4.96. The van der Waals surface area contributed by atoms with Crippen molar-refractivity contribution >= 4 is 52.6 Å². The summed E-state index contributed by atoms with van der Waals surface area (Å²) < 4.78 is 1.91. The van der Waals surface area contributed by atoms with Crippen LogP contribution in [0.4, 0.5) is 0 Å². The Bertz CT molecular complexity index is 1150. The fraction of sp³-hybridized carbons (Fsp3) is 0.261. The maximum atomic E-state index is 11.9. The van der Waals surface area contributed by atoms with E-state index in [1.54, 1.807) is 12.3 Å². The maximum Gasteiger partial charge on any atom is 0.337 e. The topological polar surface area (TPSA) is 92.4 Å². The Morgan fingerprint density at radius 2 is 2.00 bits per heavy atom. The minimum absolute atomic E-state index is 0.0681. The van der Waals surface area contributed by atoms with Crippen molar-refractivity contribution in [1.29, 1.82) is 0 Å². The summed E-state index contributed by atoms with van der Waals surface area (Å²) >= 11 is 14.0. The highest BCUT2D eigenvalue weighted by Gasteiger charge is 2.17. The Morgan fingerprint density at radius 1 is 1.22 bits per heavy atom. The number of carboxylic acid groups (broad SMARTS) is 2. The molecule has 1 aromatic carbocycles. The SMILES string of the molecule is CCCCc1ncc(/C=C(/Cc2cccs2)C(=O)O)n1Cc1cc(Cl)c(C(=O)O)cc1Cl. The normalized spacial score (nSPS) is 11.7. The fourth-order valence-corrected chi connectivity index (χ4v) is 4.49. The molecule has 0 bridgehead atoms. The van der Waals surface area contributed by atoms with Gasteiger partial charge in [0.15, 0.2) is 0 Å². The van der Waals surface area contributed by atoms with Crippen LogP contribution in [0.3, 0.4) is 0 Å². The first-order valence-corrected chi connectivity index (χ1v) is 11.7. The number of aromatic nitrogens is 2. The highest BCUT2D eigenvalue weighted by molar-refractivity contribution is 7.09. The molecule has 0 amide bonds. The largest absolute Gasteiger partial charge is 0.478 e. The molecule has 0 fully saturated rings. The summed E-state index contributed by atoms with van der Waals surface area (Å²) in [6, 6.07) is 6.66. The fourth-order valence-electron chi connectivity index (χ4n) is 3.27. The predicted octanol–water partition coefficient (Wildman–Crippen LogP) is 6.05. The third-order valence-corrected chi connectivity index (χ3v) is 6.50. The van der Waals surface area contributed by atoms with Gasteiger partial charge in [-0.15, -0.1) is 11.3 Å². The Balaban J connectivity index is 2.02. The molecule has 0 radical (unpaired) electrons. The molecule has 0 aliphatic carbocycles. The average molecular weight is 493 g/mol. The molecular formula is C23H22Cl2N2O4S. The number of unbranched alkanes of at least 4 members (excludes halogenated alkanes) is 1. The van der Waals surface area contributed by atoms with Crippen molar-refractivity contribution in [2.45, 2.75) is 39.2 Å². The van der Waals surface area contributed by atoms with Crippen LogP contribution in [0.15, 0.2) is 41.4 Å². The number of hydrogen-bond acceptors (Lipinski definition) is 4. The number of imidazole rings is 1. The van der Waals surface area contributed by atoms with Crippen LogP contribution in [-0.2, 0) is 24.2 Å². The van der Waals surface area contributed by atoms with E-state index in [1.807, 2.05) is 22.1 Å². The van der Waals surface area contributed by atoms with Crippen LogP contribution in [0.25, 0.3) is 6.08 Å². The van der Waals surface area contributed by atoms with Gasteiger partial charge >= 0.3 is 11.9 Å². The van der Waals surface area contributed by atoms with E-state index in [-0.39, 0.29) is 27.7 Å². The van der Waals surface area contributed by atoms with Crippen molar-refractivity contribution in [2.75, 3.05) is 0 Å². The molecule has 0 saturated carbocycles. The van der Waals surface area contributed by atoms with Gasteiger partial charge in [-0.05, 0) is 41.6 Å². The van der Waals surface area contributed by atoms with Gasteiger partial charge in [-0.3, -0.25) is 0 Å². The monoisotopic (exact) mass is 492 g/mol. The number of carbonyl (C=O) groups is 2. The number of nitrogens with zero attached hydrogens (tertiary/aromatic N) is 2. The summed E-state index contributed by atoms with van der Waals surface area (Å²) in [5.74, 6) is -1.35. The number of benzene rings is 1. The summed E-state index contributed by atoms with van der Waals surface area (Å²) in [4.78, 5) is 28.7. The van der Waals surface area contributed by atoms with Gasteiger partial charge in [0.2, 0.25) is 0 Å². The minimum Gasteiger partial charge on any atom is -0.478 e. The van der Waals surface area contributed by atoms with Crippen molar-refractivity contribution in [3.05, 3.63) is 79.0 Å². The van der Waals surface area contributed by atoms with E-state index in [9.17, 15) is 19.8 Å². The molecule has 0 aliphatic heterocycles. The molecule has 0 spiro atoms. The van der Waals surface area contributed by atoms with Gasteiger partial charge in [-0.25, -0.2) is 14.6 Å². The molecule has 0 unspecified atom stereocenters. The number of rotatable bonds is 10. The van der Waals surface area contributed by atoms with Gasteiger partial charge in [-0.2, -0.15) is 0 Å². The Labute approximate surface area is 199 Å². The van der Waals surface area contributed by atoms with Crippen LogP contribution in [0.5, 0.6) is 0 Å². The molecule has 9 heteroatoms. The Morgan fingerprint density at radius 3 is 2.62 bits per heavy atom. The lowest BCUT2D eigenvalue weighted by Gasteiger charge is -2.14. The number of hydrogen-bond donors (Lipinski definition) is 2. The van der Waals surface area contributed by atoms with Crippen molar-refractivity contribution in [2.24, 2.45) is 0 Å². The molecule has 6 nitrogen and oxygen atoms in total. The molecule has 168 valence electrons. The van der Waals surface area contributed by atoms with Gasteiger partial charge in [0.1, 0.15) is 5.82 Å². The van der Waals surface area contributed by atoms with Gasteiger partial charge in [0, 0.05) is 28.3 Å². The van der Waals surface area contributed by atoms with E-state index in [2.05, 4.69) is 11.9 Å². The van der Waals surface area contributed by atoms with E-state index < -0.39 is 11.9 Å². The lowest BCUT2D eigenvalue weighted by atomic mass is 10.1. The zero-order valence-corrected chi connectivity index (χ0v) is 19.7. The van der Waals surface area contributed by atoms with Crippen molar-refractivity contribution < 1.29 is 19.8 Å². The van der Waals surface area contributed by atoms with Crippen LogP contribution in [0.1, 0.15) is 52.1 Å². The number of aryl methyl sites for hydroxylation is 1. The molecule has 2 N–H and O–H groups in total. The zero-order chi connectivity index (χ0) is 23.3. The smallest absolute Gasteiger partial charge is 0.337 e. The van der Waals surface area contributed by atoms with E-state index in [0.717, 1.165) is 30.0 Å². The Hall–Kier alpha value is -2.61. The second kappa shape index (κ2) is 10.8. The minimum atomic E-state index is -1.15. The molecule has 2 aromatic heterocycles. The summed E-state index contributed by atoms with van der Waals surface area (Å²) in [5.41, 5.74) is 1.45. The second-order valence-electron chi connectivity index (χ2n) is 7.25. The zero-order valence-electron chi connectivity index (χ0n) is 17.3. The van der Waals surface area contributed by atoms with E-state index in [4.69, 9.17) is 23.2 Å². The van der Waals surface area contributed by atoms with Gasteiger partial charge in [0.05, 0.1) is 29.0 Å². The maximum absolute atomic E-state index is 11.9. The first kappa shape index (κ1) is 24.0. The average Bonchev–Trinajstić information content (AvgIpc) is 3.38. The molecular weight excluding hydrogens is 471 g/mol. The lowest BCUT2D eigenvalue weighted by Crippen LogP contribution is -2.10. The summed E-state index contributed by atoms with van der Waals surface area (Å²) in [7, 11) is 0. The summed E-state index contributed by atoms with van der Waals surface area (Å²) in [6.07, 6.45) is 6.22. The Kier molecular flexibility index (Phi) is 8.12. The van der Waals surface area contributed by atoms with Gasteiger partial charge in [-0.1, -0.05) is 42.6 Å². The van der Waals surface area contributed by atoms with Crippen molar-refractivity contribution in [3.8, 4) is 0 Å². The second-order valence-corrected chi connectivity index (χ2v) is 9.10. The number of carboxylic acids is 2. The summed E-state index contributed by atoms with van der Waals surface area (Å²) in [5, 5.41) is 21.3. The van der Waals surface area contributed by atoms with Crippen LogP contribution in [0, 0.1) is 0 Å². The first-order valence-electron chi connectivity index (χ1n) is 10.0. The van der Waals surface area contributed by atoms with Gasteiger partial charge in [0.25, 0.3) is 0 Å². The molecule has 32 heavy (non-hydrogen) atoms. The molecule has 2 heterocycles. The van der Waals surface area contributed by atoms with Crippen LogP contribution in [-0.4, -0.2) is 31.7 Å². The first-order chi connectivity index (χ1) is 15.3. The molecule has 3 rings (SSSR count). The van der Waals surface area contributed by atoms with Gasteiger partial charge < -0.3 is 14.8 Å².